The highest BCUT2D eigenvalue weighted by molar-refractivity contribution is 5.31. The van der Waals surface area contributed by atoms with E-state index in [0.29, 0.717) is 11.6 Å². The fourth-order valence-electron chi connectivity index (χ4n) is 3.55. The highest BCUT2D eigenvalue weighted by Crippen LogP contribution is 2.36. The number of nitrogens with zero attached hydrogens (tertiary/aromatic N) is 1. The fraction of sp³-hybridized carbons (Fsp3) is 0.647. The highest BCUT2D eigenvalue weighted by atomic mass is 15.2. The van der Waals surface area contributed by atoms with E-state index in [1.165, 1.54) is 36.8 Å². The second-order valence-electron chi connectivity index (χ2n) is 6.57. The molecule has 3 rings (SSSR count). The van der Waals surface area contributed by atoms with E-state index in [4.69, 9.17) is 0 Å². The zero-order valence-corrected chi connectivity index (χ0v) is 12.8. The Labute approximate surface area is 122 Å². The number of likely N-dealkylation sites (N-methyl/N-ethyl adjacent to an activating group) is 1. The largest absolute Gasteiger partial charge is 0.313 e. The van der Waals surface area contributed by atoms with Gasteiger partial charge in [-0.3, -0.25) is 0 Å². The second-order valence-corrected chi connectivity index (χ2v) is 6.57. The summed E-state index contributed by atoms with van der Waals surface area (Å²) in [5.74, 6) is 0. The molecule has 3 heteroatoms. The molecule has 3 nitrogen and oxygen atoms in total. The lowest BCUT2D eigenvalue weighted by molar-refractivity contribution is 0.0568. The second kappa shape index (κ2) is 5.84. The van der Waals surface area contributed by atoms with Crippen LogP contribution in [0.25, 0.3) is 0 Å². The van der Waals surface area contributed by atoms with Gasteiger partial charge in [-0.1, -0.05) is 24.3 Å². The van der Waals surface area contributed by atoms with E-state index in [0.717, 1.165) is 19.6 Å². The quantitative estimate of drug-likeness (QED) is 0.881. The molecule has 1 unspecified atom stereocenters. The Hall–Kier alpha value is -0.900. The van der Waals surface area contributed by atoms with Crippen molar-refractivity contribution in [3.8, 4) is 0 Å². The molecule has 2 aliphatic rings. The van der Waals surface area contributed by atoms with Gasteiger partial charge in [0.2, 0.25) is 0 Å². The van der Waals surface area contributed by atoms with Crippen LogP contribution in [-0.2, 0) is 6.54 Å². The summed E-state index contributed by atoms with van der Waals surface area (Å²) in [6.07, 6.45) is 5.22. The Kier molecular flexibility index (Phi) is 4.11. The van der Waals surface area contributed by atoms with Crippen molar-refractivity contribution in [1.82, 2.24) is 15.5 Å². The molecule has 0 spiro atoms. The van der Waals surface area contributed by atoms with Crippen LogP contribution in [0.3, 0.4) is 0 Å². The average molecular weight is 273 g/mol. The first-order chi connectivity index (χ1) is 9.71. The van der Waals surface area contributed by atoms with Crippen LogP contribution in [0.5, 0.6) is 0 Å². The SMILES string of the molecule is CN(C)C1(CNC2CCNCc3ccccc32)CCC1. The van der Waals surface area contributed by atoms with Crippen molar-refractivity contribution in [3.63, 3.8) is 0 Å². The standard InChI is InChI=1S/C17H27N3/c1-20(2)17(9-5-10-17)13-19-16-8-11-18-12-14-6-3-4-7-15(14)16/h3-4,6-7,16,18-19H,5,8-13H2,1-2H3. The summed E-state index contributed by atoms with van der Waals surface area (Å²) < 4.78 is 0. The van der Waals surface area contributed by atoms with E-state index >= 15 is 0 Å². The Balaban J connectivity index is 1.71. The normalized spacial score (nSPS) is 24.9. The van der Waals surface area contributed by atoms with Crippen LogP contribution in [0.15, 0.2) is 24.3 Å². The molecule has 0 saturated heterocycles. The zero-order valence-electron chi connectivity index (χ0n) is 12.8. The Bertz CT molecular complexity index is 451. The maximum absolute atomic E-state index is 3.86. The van der Waals surface area contributed by atoms with Crippen molar-refractivity contribution in [3.05, 3.63) is 35.4 Å². The van der Waals surface area contributed by atoms with Gasteiger partial charge in [-0.2, -0.15) is 0 Å². The van der Waals surface area contributed by atoms with E-state index in [-0.39, 0.29) is 0 Å². The van der Waals surface area contributed by atoms with Crippen molar-refractivity contribution in [2.45, 2.75) is 43.8 Å². The first kappa shape index (κ1) is 14.1. The van der Waals surface area contributed by atoms with E-state index in [1.807, 2.05) is 0 Å². The molecule has 20 heavy (non-hydrogen) atoms. The predicted molar refractivity (Wildman–Crippen MR) is 83.8 cm³/mol. The van der Waals surface area contributed by atoms with Crippen LogP contribution < -0.4 is 10.6 Å². The lowest BCUT2D eigenvalue weighted by Crippen LogP contribution is -2.56. The van der Waals surface area contributed by atoms with Gasteiger partial charge in [0.15, 0.2) is 0 Å². The molecule has 0 bridgehead atoms. The molecule has 0 aromatic heterocycles. The van der Waals surface area contributed by atoms with Gasteiger partial charge >= 0.3 is 0 Å². The van der Waals surface area contributed by atoms with Crippen molar-refractivity contribution >= 4 is 0 Å². The molecule has 1 aliphatic heterocycles. The molecular formula is C17H27N3. The number of hydrogen-bond donors (Lipinski definition) is 2. The summed E-state index contributed by atoms with van der Waals surface area (Å²) in [6, 6.07) is 9.37. The molecule has 0 amide bonds. The Morgan fingerprint density at radius 3 is 2.80 bits per heavy atom. The highest BCUT2D eigenvalue weighted by Gasteiger charge is 2.39. The molecule has 1 atom stereocenters. The number of nitrogens with one attached hydrogen (secondary N) is 2. The topological polar surface area (TPSA) is 27.3 Å². The number of benzene rings is 1. The van der Waals surface area contributed by atoms with Crippen molar-refractivity contribution in [1.29, 1.82) is 0 Å². The minimum atomic E-state index is 0.397. The smallest absolute Gasteiger partial charge is 0.0336 e. The molecule has 1 aromatic rings. The first-order valence-electron chi connectivity index (χ1n) is 7.91. The van der Waals surface area contributed by atoms with Gasteiger partial charge in [-0.15, -0.1) is 0 Å². The third-order valence-corrected chi connectivity index (χ3v) is 5.27. The molecule has 1 aromatic carbocycles. The molecular weight excluding hydrogens is 246 g/mol. The van der Waals surface area contributed by atoms with Gasteiger partial charge in [0.1, 0.15) is 0 Å². The van der Waals surface area contributed by atoms with E-state index < -0.39 is 0 Å². The van der Waals surface area contributed by atoms with Crippen LogP contribution in [-0.4, -0.2) is 37.6 Å². The molecule has 1 aliphatic carbocycles. The fourth-order valence-corrected chi connectivity index (χ4v) is 3.55. The molecule has 110 valence electrons. The van der Waals surface area contributed by atoms with Gasteiger partial charge in [0.25, 0.3) is 0 Å². The summed E-state index contributed by atoms with van der Waals surface area (Å²) in [6.45, 7) is 3.22. The summed E-state index contributed by atoms with van der Waals surface area (Å²) in [7, 11) is 4.45. The maximum atomic E-state index is 3.86. The van der Waals surface area contributed by atoms with Gasteiger partial charge in [0.05, 0.1) is 0 Å². The average Bonchev–Trinajstić information content (AvgIpc) is 2.60. The van der Waals surface area contributed by atoms with Crippen LogP contribution in [0, 0.1) is 0 Å². The van der Waals surface area contributed by atoms with E-state index in [1.54, 1.807) is 0 Å². The number of rotatable bonds is 4. The van der Waals surface area contributed by atoms with Gasteiger partial charge in [-0.25, -0.2) is 0 Å². The van der Waals surface area contributed by atoms with Crippen LogP contribution in [0.4, 0.5) is 0 Å². The number of hydrogen-bond acceptors (Lipinski definition) is 3. The maximum Gasteiger partial charge on any atom is 0.0336 e. The molecule has 1 fully saturated rings. The summed E-state index contributed by atoms with van der Waals surface area (Å²) in [5.41, 5.74) is 3.34. The zero-order chi connectivity index (χ0) is 14.0. The van der Waals surface area contributed by atoms with Gasteiger partial charge in [-0.05, 0) is 57.5 Å². The summed E-state index contributed by atoms with van der Waals surface area (Å²) in [4.78, 5) is 2.42. The van der Waals surface area contributed by atoms with Crippen molar-refractivity contribution in [2.75, 3.05) is 27.2 Å². The molecule has 1 heterocycles. The summed E-state index contributed by atoms with van der Waals surface area (Å²) in [5, 5.41) is 7.39. The van der Waals surface area contributed by atoms with Gasteiger partial charge < -0.3 is 15.5 Å². The molecule has 0 radical (unpaired) electrons. The third-order valence-electron chi connectivity index (χ3n) is 5.27. The summed E-state index contributed by atoms with van der Waals surface area (Å²) >= 11 is 0. The minimum absolute atomic E-state index is 0.397. The van der Waals surface area contributed by atoms with Crippen molar-refractivity contribution in [2.24, 2.45) is 0 Å². The minimum Gasteiger partial charge on any atom is -0.313 e. The third kappa shape index (κ3) is 2.62. The molecule has 2 N–H and O–H groups in total. The van der Waals surface area contributed by atoms with Gasteiger partial charge in [0, 0.05) is 24.7 Å². The van der Waals surface area contributed by atoms with Crippen molar-refractivity contribution < 1.29 is 0 Å². The van der Waals surface area contributed by atoms with Crippen LogP contribution in [0.2, 0.25) is 0 Å². The Morgan fingerprint density at radius 2 is 2.10 bits per heavy atom. The first-order valence-corrected chi connectivity index (χ1v) is 7.91. The lowest BCUT2D eigenvalue weighted by atomic mass is 9.75. The predicted octanol–water partition coefficient (Wildman–Crippen LogP) is 2.29. The van der Waals surface area contributed by atoms with E-state index in [2.05, 4.69) is 53.9 Å². The lowest BCUT2D eigenvalue weighted by Gasteiger charge is -2.48. The van der Waals surface area contributed by atoms with Crippen LogP contribution in [0.1, 0.15) is 42.9 Å². The Morgan fingerprint density at radius 1 is 1.30 bits per heavy atom. The number of fused-ring (bicyclic) bond motifs is 1. The monoisotopic (exact) mass is 273 g/mol. The molecule has 1 saturated carbocycles. The van der Waals surface area contributed by atoms with Crippen LogP contribution >= 0.6 is 0 Å². The van der Waals surface area contributed by atoms with E-state index in [9.17, 15) is 0 Å².